The van der Waals surface area contributed by atoms with Gasteiger partial charge in [0, 0.05) is 18.3 Å². The predicted octanol–water partition coefficient (Wildman–Crippen LogP) is 0.741. The summed E-state index contributed by atoms with van der Waals surface area (Å²) < 4.78 is 0. The third kappa shape index (κ3) is 4.26. The molecule has 21 heavy (non-hydrogen) atoms. The number of hydrogen-bond acceptors (Lipinski definition) is 5. The summed E-state index contributed by atoms with van der Waals surface area (Å²) in [7, 11) is 0. The van der Waals surface area contributed by atoms with E-state index in [-0.39, 0.29) is 30.4 Å². The molecule has 0 saturated carbocycles. The number of nitrogens with zero attached hydrogens (tertiary/aromatic N) is 2. The van der Waals surface area contributed by atoms with Crippen molar-refractivity contribution in [2.24, 2.45) is 0 Å². The molecule has 1 saturated heterocycles. The maximum Gasteiger partial charge on any atom is 0.246 e. The second-order valence-corrected chi connectivity index (χ2v) is 6.42. The lowest BCUT2D eigenvalue weighted by atomic mass is 10.1. The number of carbonyl (C=O) groups excluding carboxylic acids is 2. The minimum atomic E-state index is -0.286. The molecule has 2 rings (SSSR count). The zero-order chi connectivity index (χ0) is 15.6. The van der Waals surface area contributed by atoms with Crippen LogP contribution in [0.1, 0.15) is 31.9 Å². The van der Waals surface area contributed by atoms with E-state index >= 15 is 0 Å². The maximum atomic E-state index is 11.4. The van der Waals surface area contributed by atoms with E-state index in [1.165, 1.54) is 0 Å². The topological polar surface area (TPSA) is 74.3 Å². The van der Waals surface area contributed by atoms with Crippen LogP contribution in [0.4, 0.5) is 5.82 Å². The summed E-state index contributed by atoms with van der Waals surface area (Å²) in [4.78, 5) is 29.0. The number of aryl methyl sites for hydroxylation is 1. The van der Waals surface area contributed by atoms with E-state index in [9.17, 15) is 9.59 Å². The number of anilines is 1. The summed E-state index contributed by atoms with van der Waals surface area (Å²) in [5.41, 5.74) is 2.09. The molecule has 0 spiro atoms. The lowest BCUT2D eigenvalue weighted by molar-refractivity contribution is -0.130. The summed E-state index contributed by atoms with van der Waals surface area (Å²) in [5.74, 6) is 0.120. The number of pyridine rings is 1. The van der Waals surface area contributed by atoms with E-state index in [0.717, 1.165) is 17.7 Å². The molecule has 0 aliphatic carbocycles. The number of nitrogens with one attached hydrogen (secondary N) is 2. The van der Waals surface area contributed by atoms with E-state index < -0.39 is 0 Å². The first-order chi connectivity index (χ1) is 9.74. The Balaban J connectivity index is 2.12. The van der Waals surface area contributed by atoms with Crippen LogP contribution in [0.5, 0.6) is 0 Å². The van der Waals surface area contributed by atoms with Crippen LogP contribution >= 0.6 is 0 Å². The predicted molar refractivity (Wildman–Crippen MR) is 80.9 cm³/mol. The first-order valence-corrected chi connectivity index (χ1v) is 7.03. The Labute approximate surface area is 124 Å². The van der Waals surface area contributed by atoms with Crippen LogP contribution in [-0.4, -0.2) is 35.4 Å². The molecule has 6 nitrogen and oxygen atoms in total. The van der Waals surface area contributed by atoms with Crippen molar-refractivity contribution in [3.05, 3.63) is 23.4 Å². The minimum Gasteiger partial charge on any atom is -0.338 e. The van der Waals surface area contributed by atoms with Gasteiger partial charge in [0.1, 0.15) is 5.82 Å². The van der Waals surface area contributed by atoms with Crippen LogP contribution < -0.4 is 15.5 Å². The second kappa shape index (κ2) is 5.81. The van der Waals surface area contributed by atoms with Crippen LogP contribution in [0.15, 0.2) is 12.3 Å². The molecule has 1 aliphatic rings. The van der Waals surface area contributed by atoms with Crippen molar-refractivity contribution in [3.63, 3.8) is 0 Å². The Morgan fingerprint density at radius 3 is 2.43 bits per heavy atom. The minimum absolute atomic E-state index is 0.0456. The highest BCUT2D eigenvalue weighted by molar-refractivity contribution is 6.02. The molecule has 0 atom stereocenters. The lowest BCUT2D eigenvalue weighted by Gasteiger charge is -2.28. The third-order valence-electron chi connectivity index (χ3n) is 3.18. The molecule has 0 bridgehead atoms. The Bertz CT molecular complexity index is 547. The molecule has 6 heteroatoms. The molecule has 0 radical (unpaired) electrons. The molecule has 1 aromatic rings. The zero-order valence-corrected chi connectivity index (χ0v) is 13.0. The normalized spacial score (nSPS) is 16.1. The van der Waals surface area contributed by atoms with Crippen molar-refractivity contribution < 1.29 is 9.59 Å². The fourth-order valence-electron chi connectivity index (χ4n) is 2.21. The van der Waals surface area contributed by atoms with E-state index in [1.54, 1.807) is 11.1 Å². The van der Waals surface area contributed by atoms with Crippen LogP contribution in [0.2, 0.25) is 0 Å². The molecule has 1 aromatic heterocycles. The molecule has 0 aromatic carbocycles. The lowest BCUT2D eigenvalue weighted by Crippen LogP contribution is -2.52. The number of carbonyl (C=O) groups is 2. The number of piperazine rings is 1. The first-order valence-electron chi connectivity index (χ1n) is 7.03. The van der Waals surface area contributed by atoms with Crippen molar-refractivity contribution in [2.75, 3.05) is 18.0 Å². The fraction of sp³-hybridized carbons (Fsp3) is 0.533. The smallest absolute Gasteiger partial charge is 0.246 e. The van der Waals surface area contributed by atoms with Crippen LogP contribution in [0.25, 0.3) is 0 Å². The molecule has 0 unspecified atom stereocenters. The number of rotatable bonds is 3. The van der Waals surface area contributed by atoms with Crippen LogP contribution in [-0.2, 0) is 16.1 Å². The maximum absolute atomic E-state index is 11.4. The van der Waals surface area contributed by atoms with Gasteiger partial charge in [-0.1, -0.05) is 0 Å². The van der Waals surface area contributed by atoms with E-state index in [4.69, 9.17) is 0 Å². The van der Waals surface area contributed by atoms with Crippen LogP contribution in [0.3, 0.4) is 0 Å². The molecule has 2 heterocycles. The van der Waals surface area contributed by atoms with E-state index in [1.807, 2.05) is 13.0 Å². The van der Waals surface area contributed by atoms with Crippen molar-refractivity contribution >= 4 is 17.6 Å². The van der Waals surface area contributed by atoms with Gasteiger partial charge in [-0.2, -0.15) is 0 Å². The number of amides is 2. The van der Waals surface area contributed by atoms with Gasteiger partial charge < -0.3 is 10.2 Å². The third-order valence-corrected chi connectivity index (χ3v) is 3.18. The first kappa shape index (κ1) is 15.4. The van der Waals surface area contributed by atoms with Crippen molar-refractivity contribution in [2.45, 2.75) is 39.8 Å². The average Bonchev–Trinajstić information content (AvgIpc) is 2.34. The Hall–Kier alpha value is -1.95. The fourth-order valence-corrected chi connectivity index (χ4v) is 2.21. The summed E-state index contributed by atoms with van der Waals surface area (Å²) in [6.45, 7) is 9.34. The highest BCUT2D eigenvalue weighted by Crippen LogP contribution is 2.19. The molecular weight excluding hydrogens is 268 g/mol. The number of aromatic nitrogens is 1. The van der Waals surface area contributed by atoms with Gasteiger partial charge in [-0.15, -0.1) is 0 Å². The quantitative estimate of drug-likeness (QED) is 0.803. The van der Waals surface area contributed by atoms with Gasteiger partial charge >= 0.3 is 0 Å². The number of hydrogen-bond donors (Lipinski definition) is 2. The summed E-state index contributed by atoms with van der Waals surface area (Å²) in [6.07, 6.45) is 1.79. The van der Waals surface area contributed by atoms with Gasteiger partial charge in [-0.25, -0.2) is 4.98 Å². The van der Waals surface area contributed by atoms with Gasteiger partial charge in [0.15, 0.2) is 0 Å². The van der Waals surface area contributed by atoms with Gasteiger partial charge in [0.25, 0.3) is 0 Å². The summed E-state index contributed by atoms with van der Waals surface area (Å²) in [5, 5.41) is 5.70. The largest absolute Gasteiger partial charge is 0.338 e. The Morgan fingerprint density at radius 2 is 1.90 bits per heavy atom. The highest BCUT2D eigenvalue weighted by Gasteiger charge is 2.24. The monoisotopic (exact) mass is 290 g/mol. The zero-order valence-electron chi connectivity index (χ0n) is 13.0. The highest BCUT2D eigenvalue weighted by atomic mass is 16.2. The molecule has 2 amide bonds. The molecule has 1 aliphatic heterocycles. The molecule has 2 N–H and O–H groups in total. The standard InChI is InChI=1S/C15H22N4O2/c1-10-5-11(7-17-15(2,3)4)6-16-14(10)19-8-12(20)18-13(21)9-19/h5-6,17H,7-9H2,1-4H3,(H,18,20,21). The van der Waals surface area contributed by atoms with E-state index in [2.05, 4.69) is 36.4 Å². The van der Waals surface area contributed by atoms with Crippen molar-refractivity contribution in [1.29, 1.82) is 0 Å². The van der Waals surface area contributed by atoms with Crippen LogP contribution in [0, 0.1) is 6.92 Å². The van der Waals surface area contributed by atoms with Gasteiger partial charge in [-0.3, -0.25) is 14.9 Å². The van der Waals surface area contributed by atoms with Crippen molar-refractivity contribution in [1.82, 2.24) is 15.6 Å². The average molecular weight is 290 g/mol. The number of imide groups is 1. The van der Waals surface area contributed by atoms with E-state index in [0.29, 0.717) is 5.82 Å². The van der Waals surface area contributed by atoms with Gasteiger partial charge in [-0.05, 0) is 44.9 Å². The second-order valence-electron chi connectivity index (χ2n) is 6.42. The Kier molecular flexibility index (Phi) is 4.27. The molecule has 114 valence electrons. The van der Waals surface area contributed by atoms with Crippen molar-refractivity contribution in [3.8, 4) is 0 Å². The van der Waals surface area contributed by atoms with Gasteiger partial charge in [0.05, 0.1) is 13.1 Å². The Morgan fingerprint density at radius 1 is 1.29 bits per heavy atom. The SMILES string of the molecule is Cc1cc(CNC(C)(C)C)cnc1N1CC(=O)NC(=O)C1. The van der Waals surface area contributed by atoms with Gasteiger partial charge in [0.2, 0.25) is 11.8 Å². The molecule has 1 fully saturated rings. The summed E-state index contributed by atoms with van der Waals surface area (Å²) in [6, 6.07) is 2.04. The molecular formula is C15H22N4O2. The summed E-state index contributed by atoms with van der Waals surface area (Å²) >= 11 is 0.